The van der Waals surface area contributed by atoms with E-state index in [2.05, 4.69) is 14.5 Å². The Labute approximate surface area is 183 Å². The predicted octanol–water partition coefficient (Wildman–Crippen LogP) is 5.15. The van der Waals surface area contributed by atoms with Crippen molar-refractivity contribution in [3.8, 4) is 16.9 Å². The van der Waals surface area contributed by atoms with Crippen LogP contribution in [-0.2, 0) is 11.3 Å². The Bertz CT molecular complexity index is 1070. The van der Waals surface area contributed by atoms with Crippen LogP contribution in [0.3, 0.4) is 0 Å². The summed E-state index contributed by atoms with van der Waals surface area (Å²) in [4.78, 5) is 19.4. The molecule has 2 heterocycles. The van der Waals surface area contributed by atoms with E-state index in [0.717, 1.165) is 40.6 Å². The van der Waals surface area contributed by atoms with E-state index in [1.807, 2.05) is 39.2 Å². The number of rotatable bonds is 6. The predicted molar refractivity (Wildman–Crippen MR) is 122 cm³/mol. The molecule has 1 N–H and O–H groups in total. The zero-order valence-electron chi connectivity index (χ0n) is 18.6. The van der Waals surface area contributed by atoms with Gasteiger partial charge in [0.1, 0.15) is 5.75 Å². The van der Waals surface area contributed by atoms with Crippen molar-refractivity contribution >= 4 is 16.9 Å². The summed E-state index contributed by atoms with van der Waals surface area (Å²) < 4.78 is 7.80. The second-order valence-electron chi connectivity index (χ2n) is 8.57. The SMILES string of the molecule is CCOC(=O)c1c(CN(C)C)n(C2CCCCC2)c2cc(-c3cccnc3)c(O)cc12. The Morgan fingerprint density at radius 3 is 2.68 bits per heavy atom. The maximum absolute atomic E-state index is 13.1. The highest BCUT2D eigenvalue weighted by Crippen LogP contribution is 2.41. The second-order valence-corrected chi connectivity index (χ2v) is 8.57. The number of nitrogens with zero attached hydrogens (tertiary/aromatic N) is 3. The Balaban J connectivity index is 2.02. The first kappa shape index (κ1) is 21.4. The molecule has 0 spiro atoms. The van der Waals surface area contributed by atoms with Crippen LogP contribution in [0.4, 0.5) is 0 Å². The summed E-state index contributed by atoms with van der Waals surface area (Å²) in [6.07, 6.45) is 9.29. The third kappa shape index (κ3) is 4.17. The van der Waals surface area contributed by atoms with Crippen molar-refractivity contribution in [2.24, 2.45) is 0 Å². The van der Waals surface area contributed by atoms with Crippen LogP contribution in [0.15, 0.2) is 36.7 Å². The highest BCUT2D eigenvalue weighted by atomic mass is 16.5. The lowest BCUT2D eigenvalue weighted by Gasteiger charge is -2.27. The number of pyridine rings is 1. The molecule has 4 rings (SSSR count). The summed E-state index contributed by atoms with van der Waals surface area (Å²) >= 11 is 0. The maximum atomic E-state index is 13.1. The summed E-state index contributed by atoms with van der Waals surface area (Å²) in [5.74, 6) is -0.185. The van der Waals surface area contributed by atoms with Crippen molar-refractivity contribution < 1.29 is 14.6 Å². The number of hydrogen-bond donors (Lipinski definition) is 1. The van der Waals surface area contributed by atoms with E-state index in [1.165, 1.54) is 19.3 Å². The average molecular weight is 422 g/mol. The fourth-order valence-electron chi connectivity index (χ4n) is 4.79. The van der Waals surface area contributed by atoms with E-state index >= 15 is 0 Å². The molecular formula is C25H31N3O3. The molecule has 0 unspecified atom stereocenters. The van der Waals surface area contributed by atoms with Gasteiger partial charge >= 0.3 is 5.97 Å². The highest BCUT2D eigenvalue weighted by molar-refractivity contribution is 6.07. The fraction of sp³-hybridized carbons (Fsp3) is 0.440. The van der Waals surface area contributed by atoms with Crippen LogP contribution in [-0.4, -0.2) is 46.2 Å². The minimum absolute atomic E-state index is 0.142. The molecule has 2 aromatic heterocycles. The van der Waals surface area contributed by atoms with E-state index < -0.39 is 0 Å². The Morgan fingerprint density at radius 1 is 1.26 bits per heavy atom. The molecule has 3 aromatic rings. The Hall–Kier alpha value is -2.86. The molecule has 6 heteroatoms. The van der Waals surface area contributed by atoms with Gasteiger partial charge in [-0.1, -0.05) is 25.3 Å². The van der Waals surface area contributed by atoms with Crippen LogP contribution in [0.1, 0.15) is 61.1 Å². The minimum atomic E-state index is -0.326. The number of aromatic hydroxyl groups is 1. The summed E-state index contributed by atoms with van der Waals surface area (Å²) in [6, 6.07) is 7.87. The lowest BCUT2D eigenvalue weighted by molar-refractivity contribution is 0.0526. The van der Waals surface area contributed by atoms with Gasteiger partial charge in [0.05, 0.1) is 17.7 Å². The smallest absolute Gasteiger partial charge is 0.340 e. The van der Waals surface area contributed by atoms with Crippen LogP contribution in [0.25, 0.3) is 22.0 Å². The first-order chi connectivity index (χ1) is 15.0. The highest BCUT2D eigenvalue weighted by Gasteiger charge is 2.29. The molecule has 1 fully saturated rings. The number of ether oxygens (including phenoxy) is 1. The molecule has 0 radical (unpaired) electrons. The van der Waals surface area contributed by atoms with Crippen molar-refractivity contribution in [2.45, 2.75) is 51.6 Å². The third-order valence-electron chi connectivity index (χ3n) is 6.08. The molecule has 31 heavy (non-hydrogen) atoms. The molecule has 0 bridgehead atoms. The van der Waals surface area contributed by atoms with E-state index in [4.69, 9.17) is 4.74 Å². The summed E-state index contributed by atoms with van der Waals surface area (Å²) in [5, 5.41) is 11.6. The molecular weight excluding hydrogens is 390 g/mol. The van der Waals surface area contributed by atoms with Gasteiger partial charge in [0.2, 0.25) is 0 Å². The molecule has 0 saturated heterocycles. The molecule has 1 aliphatic rings. The third-order valence-corrected chi connectivity index (χ3v) is 6.08. The van der Waals surface area contributed by atoms with E-state index in [1.54, 1.807) is 18.5 Å². The largest absolute Gasteiger partial charge is 0.507 e. The number of benzene rings is 1. The van der Waals surface area contributed by atoms with Gasteiger partial charge in [-0.05, 0) is 52.1 Å². The minimum Gasteiger partial charge on any atom is -0.507 e. The normalized spacial score (nSPS) is 15.0. The van der Waals surface area contributed by atoms with Crippen LogP contribution < -0.4 is 0 Å². The number of carbonyl (C=O) groups excluding carboxylic acids is 1. The quantitative estimate of drug-likeness (QED) is 0.557. The zero-order valence-corrected chi connectivity index (χ0v) is 18.6. The summed E-state index contributed by atoms with van der Waals surface area (Å²) in [7, 11) is 4.02. The number of esters is 1. The molecule has 6 nitrogen and oxygen atoms in total. The second kappa shape index (κ2) is 9.10. The molecule has 164 valence electrons. The lowest BCUT2D eigenvalue weighted by atomic mass is 9.95. The van der Waals surface area contributed by atoms with Crippen LogP contribution >= 0.6 is 0 Å². The number of aromatic nitrogens is 2. The number of fused-ring (bicyclic) bond motifs is 1. The van der Waals surface area contributed by atoms with E-state index in [0.29, 0.717) is 24.8 Å². The van der Waals surface area contributed by atoms with Gasteiger partial charge < -0.3 is 19.3 Å². The van der Waals surface area contributed by atoms with Gasteiger partial charge in [-0.2, -0.15) is 0 Å². The first-order valence-electron chi connectivity index (χ1n) is 11.1. The topological polar surface area (TPSA) is 67.6 Å². The zero-order chi connectivity index (χ0) is 22.0. The van der Waals surface area contributed by atoms with Crippen molar-refractivity contribution in [1.29, 1.82) is 0 Å². The number of hydrogen-bond acceptors (Lipinski definition) is 5. The number of phenols is 1. The molecule has 0 atom stereocenters. The van der Waals surface area contributed by atoms with Crippen molar-refractivity contribution in [3.05, 3.63) is 47.9 Å². The van der Waals surface area contributed by atoms with Crippen LogP contribution in [0.2, 0.25) is 0 Å². The molecule has 0 amide bonds. The summed E-state index contributed by atoms with van der Waals surface area (Å²) in [6.45, 7) is 2.76. The van der Waals surface area contributed by atoms with Crippen LogP contribution in [0, 0.1) is 0 Å². The van der Waals surface area contributed by atoms with Crippen molar-refractivity contribution in [1.82, 2.24) is 14.5 Å². The Kier molecular flexibility index (Phi) is 6.28. The van der Waals surface area contributed by atoms with E-state index in [9.17, 15) is 9.90 Å². The number of phenolic OH excluding ortho intramolecular Hbond substituents is 1. The van der Waals surface area contributed by atoms with Gasteiger partial charge in [0.15, 0.2) is 0 Å². The van der Waals surface area contributed by atoms with Gasteiger partial charge in [0, 0.05) is 47.2 Å². The Morgan fingerprint density at radius 2 is 2.03 bits per heavy atom. The molecule has 1 saturated carbocycles. The van der Waals surface area contributed by atoms with Gasteiger partial charge in [-0.3, -0.25) is 4.98 Å². The number of carbonyl (C=O) groups is 1. The van der Waals surface area contributed by atoms with E-state index in [-0.39, 0.29) is 11.7 Å². The first-order valence-corrected chi connectivity index (χ1v) is 11.1. The maximum Gasteiger partial charge on any atom is 0.340 e. The average Bonchev–Trinajstić information content (AvgIpc) is 3.06. The lowest BCUT2D eigenvalue weighted by Crippen LogP contribution is -2.21. The van der Waals surface area contributed by atoms with Gasteiger partial charge in [-0.15, -0.1) is 0 Å². The standard InChI is InChI=1S/C25H31N3O3/c1-4-31-25(30)24-20-14-23(29)19(17-9-8-12-26-15-17)13-21(20)28(22(24)16-27(2)3)18-10-6-5-7-11-18/h8-9,12-15,18,29H,4-7,10-11,16H2,1-3H3. The molecule has 1 aromatic carbocycles. The van der Waals surface area contributed by atoms with Crippen molar-refractivity contribution in [3.63, 3.8) is 0 Å². The van der Waals surface area contributed by atoms with Crippen LogP contribution in [0.5, 0.6) is 5.75 Å². The monoisotopic (exact) mass is 421 g/mol. The van der Waals surface area contributed by atoms with Crippen molar-refractivity contribution in [2.75, 3.05) is 20.7 Å². The van der Waals surface area contributed by atoms with Gasteiger partial charge in [0.25, 0.3) is 0 Å². The van der Waals surface area contributed by atoms with Gasteiger partial charge in [-0.25, -0.2) is 4.79 Å². The fourth-order valence-corrected chi connectivity index (χ4v) is 4.79. The molecule has 0 aliphatic heterocycles. The summed E-state index contributed by atoms with van der Waals surface area (Å²) in [5.41, 5.74) is 4.09. The molecule has 1 aliphatic carbocycles.